The molecule has 472 valence electrons. The van der Waals surface area contributed by atoms with Gasteiger partial charge in [0.1, 0.15) is 82.2 Å². The van der Waals surface area contributed by atoms with Gasteiger partial charge in [-0.15, -0.1) is 68.0 Å². The molecule has 2 aliphatic rings. The second kappa shape index (κ2) is 29.9. The number of aryl methyl sites for hydroxylation is 1. The summed E-state index contributed by atoms with van der Waals surface area (Å²) < 4.78 is 5.46. The lowest BCUT2D eigenvalue weighted by Gasteiger charge is -2.26. The van der Waals surface area contributed by atoms with E-state index in [9.17, 15) is 38.7 Å². The number of nitrogens with one attached hydrogen (secondary N) is 8. The second-order valence-corrected chi connectivity index (χ2v) is 27.4. The molecule has 1 aliphatic heterocycles. The Balaban J connectivity index is 0.982. The maximum Gasteiger partial charge on any atom is 0.271 e. The molecule has 0 radical (unpaired) electrons. The van der Waals surface area contributed by atoms with Crippen molar-refractivity contribution in [2.75, 3.05) is 52.2 Å². The summed E-state index contributed by atoms with van der Waals surface area (Å²) in [5.74, 6) is -3.43. The number of aliphatic hydroxyl groups excluding tert-OH is 1. The summed E-state index contributed by atoms with van der Waals surface area (Å²) in [5.41, 5.74) is 8.32. The zero-order valence-electron chi connectivity index (χ0n) is 49.5. The quantitative estimate of drug-likeness (QED) is 0.0449. The number of nitrogens with zero attached hydrogens (tertiary/aromatic N) is 7. The van der Waals surface area contributed by atoms with Gasteiger partial charge in [-0.05, 0) is 56.2 Å². The van der Waals surface area contributed by atoms with Gasteiger partial charge in [0, 0.05) is 84.1 Å². The van der Waals surface area contributed by atoms with E-state index in [0.29, 0.717) is 131 Å². The number of amides is 7. The molecule has 10 rings (SSSR count). The summed E-state index contributed by atoms with van der Waals surface area (Å²) >= 11 is 7.25. The number of nitrogens with two attached hydrogens (primary N) is 1. The van der Waals surface area contributed by atoms with Crippen molar-refractivity contribution in [1.82, 2.24) is 72.1 Å². The van der Waals surface area contributed by atoms with Crippen LogP contribution in [0.1, 0.15) is 132 Å². The number of methoxy groups -OCH3 is 1. The Morgan fingerprint density at radius 3 is 2.12 bits per heavy atom. The van der Waals surface area contributed by atoms with E-state index in [2.05, 4.69) is 42.5 Å². The van der Waals surface area contributed by atoms with Gasteiger partial charge in [-0.25, -0.2) is 34.9 Å². The van der Waals surface area contributed by atoms with Crippen molar-refractivity contribution in [3.8, 4) is 43.4 Å². The van der Waals surface area contributed by atoms with E-state index < -0.39 is 60.3 Å². The number of anilines is 1. The molecule has 4 atom stereocenters. The molecule has 31 heteroatoms. The van der Waals surface area contributed by atoms with Gasteiger partial charge in [-0.1, -0.05) is 44.2 Å². The maximum absolute atomic E-state index is 14.4. The molecular formula is C59H66N16O9S6. The number of aliphatic hydroxyl groups is 1. The maximum atomic E-state index is 14.4. The summed E-state index contributed by atoms with van der Waals surface area (Å²) in [4.78, 5) is 131. The minimum absolute atomic E-state index is 0.000957. The second-order valence-electron chi connectivity index (χ2n) is 21.5. The van der Waals surface area contributed by atoms with Crippen LogP contribution in [0.5, 0.6) is 0 Å². The molecule has 7 amide bonds. The summed E-state index contributed by atoms with van der Waals surface area (Å²) in [6.45, 7) is 7.29. The Bertz CT molecular complexity index is 3890. The van der Waals surface area contributed by atoms with Crippen LogP contribution in [0.4, 0.5) is 5.82 Å². The number of aromatic nitrogens is 7. The molecule has 7 aromatic heterocycles. The molecule has 8 aromatic rings. The normalized spacial score (nSPS) is 18.6. The standard InChI is InChI=1S/C59H66N16O9S6/c1-28(2)43-59-75-46(39(90-59)23-84-5)52(82)64-22-42(77)72-47(48(78)30-9-7-6-8-10-30)58-69-38(26-87-58)56-67-36(24-86-56)45-33(54-68-37(25-85-54)51(81)66-35(21-41(76)61-4)57-74-44(29(3)89-57)53(83)73-43)15-16-34(65-45)55-71-40(27-88-55)70-50(80)32-13-11-31(12-14-32)49(79)63-20-19-62-18-17-60/h6-10,15-16,24-28,31-32,35,43,47-48,62,78H,11-14,17-23,60H2,1-5H3,(H,61,76)(H,63,79)(H,64,82)(H,66,81)(H,70,80)(H,72,77)(H,73,83)/t31?,32?,35-,43-,47-,48-/m0/s1. The first kappa shape index (κ1) is 65.2. The molecule has 0 spiro atoms. The lowest BCUT2D eigenvalue weighted by atomic mass is 9.81. The van der Waals surface area contributed by atoms with Gasteiger partial charge in [-0.3, -0.25) is 33.6 Å². The largest absolute Gasteiger partial charge is 0.386 e. The number of carbonyl (C=O) groups excluding carboxylic acids is 7. The highest BCUT2D eigenvalue weighted by Crippen LogP contribution is 2.41. The van der Waals surface area contributed by atoms with Gasteiger partial charge in [-0.2, -0.15) is 0 Å². The first-order valence-electron chi connectivity index (χ1n) is 28.9. The third-order valence-corrected chi connectivity index (χ3v) is 20.6. The third-order valence-electron chi connectivity index (χ3n) is 14.9. The van der Waals surface area contributed by atoms with Crippen molar-refractivity contribution in [3.63, 3.8) is 0 Å². The van der Waals surface area contributed by atoms with Crippen molar-refractivity contribution < 1.29 is 43.4 Å². The van der Waals surface area contributed by atoms with Gasteiger partial charge >= 0.3 is 0 Å². The number of hydrogen-bond acceptors (Lipinski definition) is 24. The smallest absolute Gasteiger partial charge is 0.271 e. The van der Waals surface area contributed by atoms with Crippen molar-refractivity contribution >= 4 is 115 Å². The molecule has 90 heavy (non-hydrogen) atoms. The van der Waals surface area contributed by atoms with E-state index in [0.717, 1.165) is 11.3 Å². The highest BCUT2D eigenvalue weighted by molar-refractivity contribution is 7.15. The Morgan fingerprint density at radius 2 is 1.38 bits per heavy atom. The molecule has 8 heterocycles. The zero-order chi connectivity index (χ0) is 63.6. The van der Waals surface area contributed by atoms with Crippen LogP contribution in [0.2, 0.25) is 0 Å². The monoisotopic (exact) mass is 1330 g/mol. The van der Waals surface area contributed by atoms with E-state index in [-0.39, 0.29) is 59.7 Å². The molecule has 1 saturated carbocycles. The molecule has 1 fully saturated rings. The molecular weight excluding hydrogens is 1270 g/mol. The number of hydrogen-bond donors (Lipinski definition) is 10. The van der Waals surface area contributed by atoms with E-state index in [1.165, 1.54) is 70.8 Å². The zero-order valence-corrected chi connectivity index (χ0v) is 54.4. The number of pyridine rings is 1. The number of rotatable bonds is 16. The SMILES string of the molecule is CNC(=O)C[C@@H]1NC(=O)c2csc(n2)-c2ccc(-c3nc(NC(=O)C4CCC(C(=O)NCCNCCN)CC4)cs3)nc2-c2csc(n2)-c2csc(n2)[C@H]([C@@H](O)c2ccccc2)NC(=O)CNC(=O)c2nc(sc2COC)[C@H](C(C)C)NC(=O)c2nc1sc2C. The Kier molecular flexibility index (Phi) is 21.7. The predicted octanol–water partition coefficient (Wildman–Crippen LogP) is 6.72. The van der Waals surface area contributed by atoms with Crippen molar-refractivity contribution in [2.45, 2.75) is 83.7 Å². The van der Waals surface area contributed by atoms with Crippen LogP contribution in [0.25, 0.3) is 43.4 Å². The molecule has 1 aliphatic carbocycles. The molecule has 0 saturated heterocycles. The first-order valence-corrected chi connectivity index (χ1v) is 34.1. The van der Waals surface area contributed by atoms with Crippen molar-refractivity contribution in [2.24, 2.45) is 23.5 Å². The Morgan fingerprint density at radius 1 is 0.678 bits per heavy atom. The van der Waals surface area contributed by atoms with Crippen LogP contribution in [0.3, 0.4) is 0 Å². The van der Waals surface area contributed by atoms with E-state index >= 15 is 0 Å². The number of benzene rings is 1. The van der Waals surface area contributed by atoms with E-state index in [4.69, 9.17) is 45.4 Å². The van der Waals surface area contributed by atoms with Crippen molar-refractivity contribution in [1.29, 1.82) is 0 Å². The minimum Gasteiger partial charge on any atom is -0.386 e. The average molecular weight is 1340 g/mol. The number of ether oxygens (including phenoxy) is 1. The fraction of sp³-hybridized carbons (Fsp3) is 0.390. The summed E-state index contributed by atoms with van der Waals surface area (Å²) in [6, 6.07) is 9.57. The summed E-state index contributed by atoms with van der Waals surface area (Å²) in [7, 11) is 2.95. The van der Waals surface area contributed by atoms with E-state index in [1.54, 1.807) is 70.9 Å². The molecule has 1 aromatic carbocycles. The number of carbonyl (C=O) groups is 7. The number of fused-ring (bicyclic) bond motifs is 14. The highest BCUT2D eigenvalue weighted by atomic mass is 32.1. The lowest BCUT2D eigenvalue weighted by Crippen LogP contribution is -2.40. The predicted molar refractivity (Wildman–Crippen MR) is 346 cm³/mol. The molecule has 25 nitrogen and oxygen atoms in total. The third kappa shape index (κ3) is 15.5. The Hall–Kier alpha value is -7.72. The summed E-state index contributed by atoms with van der Waals surface area (Å²) in [6.07, 6.45) is 0.790. The molecule has 10 bridgehead atoms. The highest BCUT2D eigenvalue weighted by Gasteiger charge is 2.34. The van der Waals surface area contributed by atoms with E-state index in [1.807, 2.05) is 13.8 Å². The Labute approximate surface area is 541 Å². The van der Waals surface area contributed by atoms with Gasteiger partial charge < -0.3 is 58.1 Å². The number of thiazole rings is 6. The fourth-order valence-corrected chi connectivity index (χ4v) is 15.6. The van der Waals surface area contributed by atoms with Crippen molar-refractivity contribution in [3.05, 3.63) is 111 Å². The van der Waals surface area contributed by atoms with Crippen LogP contribution in [-0.2, 0) is 30.5 Å². The van der Waals surface area contributed by atoms with Gasteiger partial charge in [0.25, 0.3) is 17.7 Å². The molecule has 11 N–H and O–H groups in total. The van der Waals surface area contributed by atoms with Gasteiger partial charge in [0.15, 0.2) is 0 Å². The average Bonchev–Trinajstić information content (AvgIpc) is 1.66. The topological polar surface area (TPSA) is 361 Å². The van der Waals surface area contributed by atoms with Crippen LogP contribution in [0.15, 0.2) is 64.0 Å². The van der Waals surface area contributed by atoms with Crippen LogP contribution in [0, 0.1) is 24.7 Å². The van der Waals surface area contributed by atoms with Crippen LogP contribution in [-0.4, -0.2) is 128 Å². The summed E-state index contributed by atoms with van der Waals surface area (Å²) in [5, 5.41) is 44.5. The minimum atomic E-state index is -1.28. The van der Waals surface area contributed by atoms with Gasteiger partial charge in [0.2, 0.25) is 23.6 Å². The van der Waals surface area contributed by atoms with Gasteiger partial charge in [0.05, 0.1) is 42.2 Å². The van der Waals surface area contributed by atoms with Crippen LogP contribution >= 0.6 is 68.0 Å². The molecule has 0 unspecified atom stereocenters. The lowest BCUT2D eigenvalue weighted by molar-refractivity contribution is -0.128. The van der Waals surface area contributed by atoms with Crippen LogP contribution < -0.4 is 48.3 Å². The fourth-order valence-electron chi connectivity index (χ4n) is 10.1. The first-order chi connectivity index (χ1) is 43.5.